The van der Waals surface area contributed by atoms with Gasteiger partial charge in [-0.3, -0.25) is 9.36 Å². The van der Waals surface area contributed by atoms with E-state index in [0.717, 1.165) is 19.3 Å². The van der Waals surface area contributed by atoms with Gasteiger partial charge in [0.15, 0.2) is 11.6 Å². The Balaban J connectivity index is 1.46. The van der Waals surface area contributed by atoms with E-state index in [0.29, 0.717) is 41.8 Å². The lowest BCUT2D eigenvalue weighted by atomic mass is 9.97. The van der Waals surface area contributed by atoms with E-state index in [1.165, 1.54) is 18.4 Å². The van der Waals surface area contributed by atoms with Crippen molar-refractivity contribution in [2.24, 2.45) is 0 Å². The van der Waals surface area contributed by atoms with Gasteiger partial charge in [0.25, 0.3) is 11.8 Å². The van der Waals surface area contributed by atoms with Gasteiger partial charge in [0.2, 0.25) is 0 Å². The molecule has 0 fully saturated rings. The Morgan fingerprint density at radius 1 is 1.31 bits per heavy atom. The summed E-state index contributed by atoms with van der Waals surface area (Å²) in [5.41, 5.74) is 2.47. The lowest BCUT2D eigenvalue weighted by molar-refractivity contribution is 0.0949. The lowest BCUT2D eigenvalue weighted by Gasteiger charge is -2.12. The quantitative estimate of drug-likeness (QED) is 0.618. The van der Waals surface area contributed by atoms with Gasteiger partial charge in [-0.2, -0.15) is 4.98 Å². The standard InChI is InChI=1S/C21H24N6O2/c1-2-18-25-21(29-26-18)16-9-6-11-22-19(16)27-13-17(24-14-27)20(28)23-12-10-15-7-4-3-5-8-15/h6-7,9,11,13-14H,2-5,8,10,12H2,1H3,(H,23,28). The second kappa shape index (κ2) is 8.81. The molecule has 8 nitrogen and oxygen atoms in total. The van der Waals surface area contributed by atoms with E-state index >= 15 is 0 Å². The number of carbonyl (C=O) groups excluding carboxylic acids is 1. The summed E-state index contributed by atoms with van der Waals surface area (Å²) >= 11 is 0. The van der Waals surface area contributed by atoms with Crippen molar-refractivity contribution in [3.63, 3.8) is 0 Å². The molecule has 0 atom stereocenters. The normalized spacial score (nSPS) is 13.9. The third-order valence-corrected chi connectivity index (χ3v) is 4.98. The molecule has 1 aliphatic rings. The highest BCUT2D eigenvalue weighted by Crippen LogP contribution is 2.24. The second-order valence-corrected chi connectivity index (χ2v) is 7.02. The van der Waals surface area contributed by atoms with E-state index in [4.69, 9.17) is 4.52 Å². The first-order valence-electron chi connectivity index (χ1n) is 10.0. The molecular formula is C21H24N6O2. The number of imidazole rings is 1. The lowest BCUT2D eigenvalue weighted by Crippen LogP contribution is -2.25. The van der Waals surface area contributed by atoms with Crippen molar-refractivity contribution >= 4 is 5.91 Å². The van der Waals surface area contributed by atoms with Gasteiger partial charge in [0.1, 0.15) is 12.0 Å². The highest BCUT2D eigenvalue weighted by Gasteiger charge is 2.17. The molecule has 150 valence electrons. The van der Waals surface area contributed by atoms with Gasteiger partial charge in [-0.05, 0) is 44.2 Å². The number of nitrogens with one attached hydrogen (secondary N) is 1. The van der Waals surface area contributed by atoms with Gasteiger partial charge in [-0.25, -0.2) is 9.97 Å². The topological polar surface area (TPSA) is 98.7 Å². The monoisotopic (exact) mass is 392 g/mol. The Hall–Kier alpha value is -3.29. The van der Waals surface area contributed by atoms with Crippen LogP contribution in [-0.2, 0) is 6.42 Å². The maximum atomic E-state index is 12.5. The fraction of sp³-hybridized carbons (Fsp3) is 0.381. The number of aryl methyl sites for hydroxylation is 1. The molecule has 3 aromatic heterocycles. The third kappa shape index (κ3) is 4.42. The van der Waals surface area contributed by atoms with Gasteiger partial charge in [-0.15, -0.1) is 0 Å². The number of nitrogens with zero attached hydrogens (tertiary/aromatic N) is 5. The molecule has 0 saturated heterocycles. The van der Waals surface area contributed by atoms with Gasteiger partial charge >= 0.3 is 0 Å². The summed E-state index contributed by atoms with van der Waals surface area (Å²) in [6, 6.07) is 3.66. The van der Waals surface area contributed by atoms with Crippen LogP contribution < -0.4 is 5.32 Å². The fourth-order valence-electron chi connectivity index (χ4n) is 3.39. The van der Waals surface area contributed by atoms with Crippen molar-refractivity contribution in [3.8, 4) is 17.3 Å². The predicted molar refractivity (Wildman–Crippen MR) is 108 cm³/mol. The summed E-state index contributed by atoms with van der Waals surface area (Å²) < 4.78 is 7.05. The second-order valence-electron chi connectivity index (χ2n) is 7.02. The molecule has 29 heavy (non-hydrogen) atoms. The highest BCUT2D eigenvalue weighted by atomic mass is 16.5. The van der Waals surface area contributed by atoms with Gasteiger partial charge in [0.05, 0.1) is 5.56 Å². The molecule has 1 amide bonds. The van der Waals surface area contributed by atoms with Gasteiger partial charge in [-0.1, -0.05) is 23.7 Å². The summed E-state index contributed by atoms with van der Waals surface area (Å²) in [7, 11) is 0. The number of rotatable bonds is 7. The van der Waals surface area contributed by atoms with Crippen molar-refractivity contribution < 1.29 is 9.32 Å². The molecule has 8 heteroatoms. The first-order valence-corrected chi connectivity index (χ1v) is 10.0. The van der Waals surface area contributed by atoms with E-state index in [2.05, 4.69) is 31.5 Å². The van der Waals surface area contributed by atoms with Crippen LogP contribution in [0, 0.1) is 0 Å². The Labute approximate surface area is 169 Å². The number of aromatic nitrogens is 5. The summed E-state index contributed by atoms with van der Waals surface area (Å²) in [5.74, 6) is 1.42. The van der Waals surface area contributed by atoms with E-state index in [1.54, 1.807) is 29.4 Å². The molecule has 1 aliphatic carbocycles. The minimum absolute atomic E-state index is 0.191. The predicted octanol–water partition coefficient (Wildman–Crippen LogP) is 3.50. The number of hydrogen-bond donors (Lipinski definition) is 1. The van der Waals surface area contributed by atoms with Crippen LogP contribution in [0.1, 0.15) is 55.3 Å². The fourth-order valence-corrected chi connectivity index (χ4v) is 3.39. The Bertz CT molecular complexity index is 1020. The largest absolute Gasteiger partial charge is 0.350 e. The average molecular weight is 392 g/mol. The van der Waals surface area contributed by atoms with Crippen LogP contribution in [0.5, 0.6) is 0 Å². The Kier molecular flexibility index (Phi) is 5.79. The minimum Gasteiger partial charge on any atom is -0.350 e. The molecule has 0 aliphatic heterocycles. The first-order chi connectivity index (χ1) is 14.2. The Morgan fingerprint density at radius 2 is 2.24 bits per heavy atom. The number of carbonyl (C=O) groups is 1. The van der Waals surface area contributed by atoms with Crippen LogP contribution in [0.25, 0.3) is 17.3 Å². The van der Waals surface area contributed by atoms with Crippen LogP contribution >= 0.6 is 0 Å². The van der Waals surface area contributed by atoms with Crippen molar-refractivity contribution in [1.29, 1.82) is 0 Å². The summed E-state index contributed by atoms with van der Waals surface area (Å²) in [5, 5.41) is 6.90. The molecule has 0 aromatic carbocycles. The molecule has 1 N–H and O–H groups in total. The van der Waals surface area contributed by atoms with Crippen LogP contribution in [0.15, 0.2) is 47.0 Å². The van der Waals surface area contributed by atoms with Crippen LogP contribution in [-0.4, -0.2) is 37.1 Å². The maximum Gasteiger partial charge on any atom is 0.271 e. The number of pyridine rings is 1. The van der Waals surface area contributed by atoms with Crippen LogP contribution in [0.2, 0.25) is 0 Å². The minimum atomic E-state index is -0.191. The summed E-state index contributed by atoms with van der Waals surface area (Å²) in [6.45, 7) is 2.58. The van der Waals surface area contributed by atoms with Gasteiger partial charge in [0, 0.05) is 25.4 Å². The SMILES string of the molecule is CCc1noc(-c2cccnc2-n2cnc(C(=O)NCCC3=CCCCC3)c2)n1. The zero-order valence-corrected chi connectivity index (χ0v) is 16.5. The summed E-state index contributed by atoms with van der Waals surface area (Å²) in [4.78, 5) is 25.5. The summed E-state index contributed by atoms with van der Waals surface area (Å²) in [6.07, 6.45) is 13.6. The molecule has 0 radical (unpaired) electrons. The first kappa shape index (κ1) is 19.0. The Morgan fingerprint density at radius 3 is 3.03 bits per heavy atom. The zero-order valence-electron chi connectivity index (χ0n) is 16.5. The molecule has 3 aromatic rings. The number of hydrogen-bond acceptors (Lipinski definition) is 6. The number of amides is 1. The van der Waals surface area contributed by atoms with Gasteiger partial charge < -0.3 is 9.84 Å². The van der Waals surface area contributed by atoms with Crippen molar-refractivity contribution in [2.45, 2.75) is 45.4 Å². The van der Waals surface area contributed by atoms with Crippen molar-refractivity contribution in [1.82, 2.24) is 30.0 Å². The molecule has 0 spiro atoms. The average Bonchev–Trinajstić information content (AvgIpc) is 3.44. The molecule has 0 unspecified atom stereocenters. The molecular weight excluding hydrogens is 368 g/mol. The molecule has 3 heterocycles. The van der Waals surface area contributed by atoms with Crippen LogP contribution in [0.4, 0.5) is 0 Å². The van der Waals surface area contributed by atoms with Crippen LogP contribution in [0.3, 0.4) is 0 Å². The molecule has 0 saturated carbocycles. The van der Waals surface area contributed by atoms with E-state index in [-0.39, 0.29) is 5.91 Å². The molecule has 0 bridgehead atoms. The highest BCUT2D eigenvalue weighted by molar-refractivity contribution is 5.92. The maximum absolute atomic E-state index is 12.5. The molecule has 4 rings (SSSR count). The number of allylic oxidation sites excluding steroid dienone is 1. The van der Waals surface area contributed by atoms with E-state index in [1.807, 2.05) is 13.0 Å². The zero-order chi connectivity index (χ0) is 20.1. The smallest absolute Gasteiger partial charge is 0.271 e. The van der Waals surface area contributed by atoms with E-state index in [9.17, 15) is 4.79 Å². The van der Waals surface area contributed by atoms with Crippen molar-refractivity contribution in [2.75, 3.05) is 6.54 Å². The van der Waals surface area contributed by atoms with Crippen molar-refractivity contribution in [3.05, 3.63) is 54.0 Å². The third-order valence-electron chi connectivity index (χ3n) is 4.98. The van der Waals surface area contributed by atoms with E-state index < -0.39 is 0 Å².